The van der Waals surface area contributed by atoms with Crippen LogP contribution in [0.25, 0.3) is 0 Å². The molecule has 1 amide bonds. The first-order valence-corrected chi connectivity index (χ1v) is 6.75. The molecule has 1 aliphatic rings. The monoisotopic (exact) mass is 267 g/mol. The number of carbonyl (C=O) groups is 1. The van der Waals surface area contributed by atoms with Crippen LogP contribution < -0.4 is 5.32 Å². The van der Waals surface area contributed by atoms with Crippen molar-refractivity contribution in [1.82, 2.24) is 5.32 Å². The molecule has 3 unspecified atom stereocenters. The zero-order valence-corrected chi connectivity index (χ0v) is 11.2. The maximum atomic E-state index is 13.5. The molecule has 0 saturated heterocycles. The van der Waals surface area contributed by atoms with Crippen LogP contribution in [0.1, 0.15) is 43.5 Å². The number of amides is 1. The first kappa shape index (κ1) is 14.0. The van der Waals surface area contributed by atoms with Gasteiger partial charge in [0.15, 0.2) is 0 Å². The summed E-state index contributed by atoms with van der Waals surface area (Å²) in [7, 11) is 0. The Hall–Kier alpha value is -1.45. The molecule has 19 heavy (non-hydrogen) atoms. The van der Waals surface area contributed by atoms with E-state index in [2.05, 4.69) is 19.2 Å². The third-order valence-corrected chi connectivity index (χ3v) is 4.20. The van der Waals surface area contributed by atoms with Crippen LogP contribution in [-0.2, 0) is 0 Å². The second-order valence-corrected chi connectivity index (χ2v) is 5.47. The molecule has 0 spiro atoms. The van der Waals surface area contributed by atoms with Gasteiger partial charge in [0.2, 0.25) is 0 Å². The van der Waals surface area contributed by atoms with Gasteiger partial charge in [0.05, 0.1) is 5.56 Å². The fourth-order valence-corrected chi connectivity index (χ4v) is 2.70. The van der Waals surface area contributed by atoms with Crippen LogP contribution in [0.3, 0.4) is 0 Å². The molecule has 1 N–H and O–H groups in total. The lowest BCUT2D eigenvalue weighted by Crippen LogP contribution is -2.43. The van der Waals surface area contributed by atoms with E-state index in [1.54, 1.807) is 0 Å². The number of carbonyl (C=O) groups excluding carboxylic acids is 1. The average Bonchev–Trinajstić information content (AvgIpc) is 2.38. The largest absolute Gasteiger partial charge is 0.349 e. The lowest BCUT2D eigenvalue weighted by molar-refractivity contribution is 0.0886. The Morgan fingerprint density at radius 2 is 2.00 bits per heavy atom. The Morgan fingerprint density at radius 1 is 1.26 bits per heavy atom. The fourth-order valence-electron chi connectivity index (χ4n) is 2.70. The Morgan fingerprint density at radius 3 is 2.74 bits per heavy atom. The van der Waals surface area contributed by atoms with Gasteiger partial charge in [-0.15, -0.1) is 0 Å². The van der Waals surface area contributed by atoms with Crippen molar-refractivity contribution in [3.8, 4) is 0 Å². The molecule has 0 heterocycles. The molecule has 0 radical (unpaired) electrons. The maximum absolute atomic E-state index is 13.5. The van der Waals surface area contributed by atoms with E-state index in [0.29, 0.717) is 11.8 Å². The molecule has 2 rings (SSSR count). The van der Waals surface area contributed by atoms with Gasteiger partial charge in [-0.2, -0.15) is 0 Å². The average molecular weight is 267 g/mol. The van der Waals surface area contributed by atoms with Gasteiger partial charge in [-0.05, 0) is 36.5 Å². The number of hydrogen-bond donors (Lipinski definition) is 1. The molecule has 0 aliphatic heterocycles. The minimum absolute atomic E-state index is 0.0407. The minimum atomic E-state index is -0.685. The maximum Gasteiger partial charge on any atom is 0.254 e. The molecule has 1 aromatic carbocycles. The summed E-state index contributed by atoms with van der Waals surface area (Å²) in [6.45, 7) is 4.25. The molecule has 1 aliphatic carbocycles. The molecule has 4 heteroatoms. The Balaban J connectivity index is 2.10. The number of halogens is 2. The van der Waals surface area contributed by atoms with Gasteiger partial charge in [0, 0.05) is 6.04 Å². The normalized spacial score (nSPS) is 27.1. The quantitative estimate of drug-likeness (QED) is 0.872. The van der Waals surface area contributed by atoms with Gasteiger partial charge in [-0.1, -0.05) is 26.7 Å². The van der Waals surface area contributed by atoms with E-state index in [1.807, 2.05) is 0 Å². The van der Waals surface area contributed by atoms with Crippen molar-refractivity contribution in [2.45, 2.75) is 39.2 Å². The van der Waals surface area contributed by atoms with E-state index >= 15 is 0 Å². The molecule has 0 aromatic heterocycles. The van der Waals surface area contributed by atoms with Crippen LogP contribution in [0.2, 0.25) is 0 Å². The van der Waals surface area contributed by atoms with Gasteiger partial charge in [0.1, 0.15) is 11.6 Å². The van der Waals surface area contributed by atoms with Crippen molar-refractivity contribution in [3.63, 3.8) is 0 Å². The highest BCUT2D eigenvalue weighted by Gasteiger charge is 2.28. The molecule has 2 nitrogen and oxygen atoms in total. The highest BCUT2D eigenvalue weighted by atomic mass is 19.1. The van der Waals surface area contributed by atoms with Crippen molar-refractivity contribution >= 4 is 5.91 Å². The molecule has 1 aromatic rings. The van der Waals surface area contributed by atoms with Crippen LogP contribution in [0, 0.1) is 23.5 Å². The summed E-state index contributed by atoms with van der Waals surface area (Å²) in [4.78, 5) is 12.0. The Labute approximate surface area is 112 Å². The first-order chi connectivity index (χ1) is 8.99. The second-order valence-electron chi connectivity index (χ2n) is 5.47. The lowest BCUT2D eigenvalue weighted by Gasteiger charge is -2.34. The number of hydrogen-bond acceptors (Lipinski definition) is 1. The first-order valence-electron chi connectivity index (χ1n) is 6.75. The van der Waals surface area contributed by atoms with Crippen LogP contribution in [0.5, 0.6) is 0 Å². The topological polar surface area (TPSA) is 29.1 Å². The zero-order valence-electron chi connectivity index (χ0n) is 11.2. The predicted molar refractivity (Wildman–Crippen MR) is 69.8 cm³/mol. The van der Waals surface area contributed by atoms with Gasteiger partial charge >= 0.3 is 0 Å². The fraction of sp³-hybridized carbons (Fsp3) is 0.533. The molecular formula is C15H19F2NO. The highest BCUT2D eigenvalue weighted by molar-refractivity contribution is 5.94. The third-order valence-electron chi connectivity index (χ3n) is 4.20. The number of benzene rings is 1. The Kier molecular flexibility index (Phi) is 4.17. The van der Waals surface area contributed by atoms with E-state index < -0.39 is 17.5 Å². The van der Waals surface area contributed by atoms with Crippen molar-refractivity contribution < 1.29 is 13.6 Å². The van der Waals surface area contributed by atoms with E-state index in [4.69, 9.17) is 0 Å². The van der Waals surface area contributed by atoms with E-state index in [1.165, 1.54) is 0 Å². The number of nitrogens with one attached hydrogen (secondary N) is 1. The molecule has 1 fully saturated rings. The van der Waals surface area contributed by atoms with Crippen LogP contribution in [-0.4, -0.2) is 11.9 Å². The van der Waals surface area contributed by atoms with Crippen molar-refractivity contribution in [1.29, 1.82) is 0 Å². The van der Waals surface area contributed by atoms with Gasteiger partial charge in [-0.3, -0.25) is 4.79 Å². The predicted octanol–water partition coefficient (Wildman–Crippen LogP) is 3.52. The lowest BCUT2D eigenvalue weighted by atomic mass is 9.78. The summed E-state index contributed by atoms with van der Waals surface area (Å²) in [6.07, 6.45) is 3.11. The van der Waals surface area contributed by atoms with Crippen LogP contribution in [0.4, 0.5) is 8.78 Å². The summed E-state index contributed by atoms with van der Waals surface area (Å²) in [5.41, 5.74) is -0.217. The second kappa shape index (κ2) is 5.68. The standard InChI is InChI=1S/C15H19F2NO/c1-9-4-3-5-14(10(9)2)18-15(19)12-8-11(16)6-7-13(12)17/h6-10,14H,3-5H2,1-2H3,(H,18,19). The summed E-state index contributed by atoms with van der Waals surface area (Å²) in [5, 5.41) is 2.84. The summed E-state index contributed by atoms with van der Waals surface area (Å²) in [6, 6.07) is 2.98. The van der Waals surface area contributed by atoms with Gasteiger partial charge < -0.3 is 5.32 Å². The van der Waals surface area contributed by atoms with E-state index in [0.717, 1.165) is 37.5 Å². The van der Waals surface area contributed by atoms with E-state index in [-0.39, 0.29) is 11.6 Å². The van der Waals surface area contributed by atoms with Gasteiger partial charge in [0.25, 0.3) is 5.91 Å². The van der Waals surface area contributed by atoms with Crippen molar-refractivity contribution in [2.75, 3.05) is 0 Å². The van der Waals surface area contributed by atoms with Crippen LogP contribution in [0.15, 0.2) is 18.2 Å². The molecule has 3 atom stereocenters. The summed E-state index contributed by atoms with van der Waals surface area (Å²) in [5.74, 6) is -0.916. The molecule has 1 saturated carbocycles. The molecule has 0 bridgehead atoms. The third kappa shape index (κ3) is 3.11. The Bertz CT molecular complexity index is 475. The SMILES string of the molecule is CC1CCCC(NC(=O)c2cc(F)ccc2F)C1C. The van der Waals surface area contributed by atoms with Crippen molar-refractivity contribution in [3.05, 3.63) is 35.4 Å². The molecule has 104 valence electrons. The van der Waals surface area contributed by atoms with Crippen LogP contribution >= 0.6 is 0 Å². The minimum Gasteiger partial charge on any atom is -0.349 e. The summed E-state index contributed by atoms with van der Waals surface area (Å²) >= 11 is 0. The number of rotatable bonds is 2. The summed E-state index contributed by atoms with van der Waals surface area (Å²) < 4.78 is 26.6. The van der Waals surface area contributed by atoms with Gasteiger partial charge in [-0.25, -0.2) is 8.78 Å². The van der Waals surface area contributed by atoms with E-state index in [9.17, 15) is 13.6 Å². The van der Waals surface area contributed by atoms with Crippen molar-refractivity contribution in [2.24, 2.45) is 11.8 Å². The highest BCUT2D eigenvalue weighted by Crippen LogP contribution is 2.29. The molecular weight excluding hydrogens is 248 g/mol. The zero-order chi connectivity index (χ0) is 14.0. The smallest absolute Gasteiger partial charge is 0.254 e.